The first-order chi connectivity index (χ1) is 10.6. The van der Waals surface area contributed by atoms with E-state index in [4.69, 9.17) is 0 Å². The van der Waals surface area contributed by atoms with Crippen LogP contribution in [0.25, 0.3) is 0 Å². The molecule has 114 valence electrons. The van der Waals surface area contributed by atoms with Crippen LogP contribution in [0.3, 0.4) is 0 Å². The van der Waals surface area contributed by atoms with Gasteiger partial charge in [0.25, 0.3) is 5.91 Å². The second-order valence-electron chi connectivity index (χ2n) is 5.13. The number of hydrogen-bond donors (Lipinski definition) is 1. The summed E-state index contributed by atoms with van der Waals surface area (Å²) in [4.78, 5) is 35.1. The van der Waals surface area contributed by atoms with E-state index in [1.807, 2.05) is 6.92 Å². The number of pyridine rings is 1. The van der Waals surface area contributed by atoms with Crippen molar-refractivity contribution in [3.63, 3.8) is 0 Å². The number of aryl methyl sites for hydroxylation is 2. The molecule has 1 aliphatic rings. The van der Waals surface area contributed by atoms with Crippen LogP contribution in [-0.4, -0.2) is 28.3 Å². The maximum atomic E-state index is 12.7. The molecule has 1 aliphatic heterocycles. The lowest BCUT2D eigenvalue weighted by Crippen LogP contribution is -2.42. The molecule has 0 saturated carbocycles. The standard InChI is InChI=1S/C15H16N4O2S/c1-3-4-12-17-7-10(22-12)15(21)19-8-11(20)18-13-9(2)5-6-16-14(13)19/h5-7H,3-4,8H2,1-2H3,(H,18,20). The van der Waals surface area contributed by atoms with E-state index in [1.54, 1.807) is 18.5 Å². The molecule has 0 aromatic carbocycles. The summed E-state index contributed by atoms with van der Waals surface area (Å²) in [6.45, 7) is 3.92. The second kappa shape index (κ2) is 5.84. The summed E-state index contributed by atoms with van der Waals surface area (Å²) in [5.74, 6) is 0.0549. The number of carbonyl (C=O) groups is 2. The summed E-state index contributed by atoms with van der Waals surface area (Å²) < 4.78 is 0. The van der Waals surface area contributed by atoms with Crippen molar-refractivity contribution in [3.05, 3.63) is 33.9 Å². The highest BCUT2D eigenvalue weighted by Crippen LogP contribution is 2.31. The number of thiazole rings is 1. The number of nitrogens with one attached hydrogen (secondary N) is 1. The topological polar surface area (TPSA) is 75.2 Å². The minimum atomic E-state index is -0.228. The van der Waals surface area contributed by atoms with Crippen LogP contribution in [0.15, 0.2) is 18.5 Å². The van der Waals surface area contributed by atoms with Gasteiger partial charge in [-0.25, -0.2) is 9.97 Å². The summed E-state index contributed by atoms with van der Waals surface area (Å²) >= 11 is 1.38. The van der Waals surface area contributed by atoms with Crippen molar-refractivity contribution in [3.8, 4) is 0 Å². The number of anilines is 2. The monoisotopic (exact) mass is 316 g/mol. The van der Waals surface area contributed by atoms with Gasteiger partial charge in [0.2, 0.25) is 5.91 Å². The minimum absolute atomic E-state index is 0.0245. The molecule has 2 aromatic heterocycles. The molecule has 2 aromatic rings. The Kier molecular flexibility index (Phi) is 3.89. The van der Waals surface area contributed by atoms with Crippen molar-refractivity contribution in [2.24, 2.45) is 0 Å². The first-order valence-electron chi connectivity index (χ1n) is 7.12. The lowest BCUT2D eigenvalue weighted by molar-refractivity contribution is -0.115. The van der Waals surface area contributed by atoms with Gasteiger partial charge in [-0.3, -0.25) is 14.5 Å². The van der Waals surface area contributed by atoms with E-state index in [2.05, 4.69) is 22.2 Å². The van der Waals surface area contributed by atoms with Gasteiger partial charge >= 0.3 is 0 Å². The lowest BCUT2D eigenvalue weighted by atomic mass is 10.2. The normalized spacial score (nSPS) is 13.7. The van der Waals surface area contributed by atoms with Crippen LogP contribution in [0.4, 0.5) is 11.5 Å². The van der Waals surface area contributed by atoms with Gasteiger partial charge in [-0.1, -0.05) is 6.92 Å². The molecule has 0 spiro atoms. The van der Waals surface area contributed by atoms with Crippen molar-refractivity contribution in [2.45, 2.75) is 26.7 Å². The summed E-state index contributed by atoms with van der Waals surface area (Å²) in [6.07, 6.45) is 5.06. The third-order valence-corrected chi connectivity index (χ3v) is 4.48. The average Bonchev–Trinajstić information content (AvgIpc) is 2.96. The van der Waals surface area contributed by atoms with E-state index >= 15 is 0 Å². The Morgan fingerprint density at radius 1 is 1.45 bits per heavy atom. The largest absolute Gasteiger partial charge is 0.321 e. The molecule has 0 bridgehead atoms. The van der Waals surface area contributed by atoms with Gasteiger partial charge in [0.15, 0.2) is 5.82 Å². The number of amides is 2. The van der Waals surface area contributed by atoms with Gasteiger partial charge in [0.05, 0.1) is 16.9 Å². The number of aromatic nitrogens is 2. The molecule has 0 atom stereocenters. The summed E-state index contributed by atoms with van der Waals surface area (Å²) in [7, 11) is 0. The smallest absolute Gasteiger partial charge is 0.271 e. The van der Waals surface area contributed by atoms with Crippen molar-refractivity contribution in [1.82, 2.24) is 9.97 Å². The molecule has 2 amide bonds. The highest BCUT2D eigenvalue weighted by molar-refractivity contribution is 7.13. The first-order valence-corrected chi connectivity index (χ1v) is 7.93. The van der Waals surface area contributed by atoms with Crippen LogP contribution in [0.2, 0.25) is 0 Å². The number of carbonyl (C=O) groups excluding carboxylic acids is 2. The van der Waals surface area contributed by atoms with E-state index < -0.39 is 0 Å². The molecule has 3 rings (SSSR count). The van der Waals surface area contributed by atoms with Crippen molar-refractivity contribution >= 4 is 34.7 Å². The Hall–Kier alpha value is -2.28. The maximum Gasteiger partial charge on any atom is 0.271 e. The van der Waals surface area contributed by atoms with Crippen LogP contribution in [-0.2, 0) is 11.2 Å². The summed E-state index contributed by atoms with van der Waals surface area (Å²) in [5, 5.41) is 3.72. The Labute approximate surface area is 132 Å². The predicted octanol–water partition coefficient (Wildman–Crippen LogP) is 2.40. The van der Waals surface area contributed by atoms with Gasteiger partial charge in [-0.15, -0.1) is 11.3 Å². The molecule has 6 nitrogen and oxygen atoms in total. The highest BCUT2D eigenvalue weighted by Gasteiger charge is 2.30. The molecular formula is C15H16N4O2S. The molecule has 0 radical (unpaired) electrons. The zero-order valence-corrected chi connectivity index (χ0v) is 13.2. The molecular weight excluding hydrogens is 300 g/mol. The molecule has 0 fully saturated rings. The number of hydrogen-bond acceptors (Lipinski definition) is 5. The fourth-order valence-electron chi connectivity index (χ4n) is 2.34. The van der Waals surface area contributed by atoms with Crippen molar-refractivity contribution in [2.75, 3.05) is 16.8 Å². The Morgan fingerprint density at radius 3 is 3.05 bits per heavy atom. The van der Waals surface area contributed by atoms with Crippen molar-refractivity contribution in [1.29, 1.82) is 0 Å². The zero-order chi connectivity index (χ0) is 15.7. The lowest BCUT2D eigenvalue weighted by Gasteiger charge is -2.28. The molecule has 1 N–H and O–H groups in total. The van der Waals surface area contributed by atoms with Gasteiger partial charge < -0.3 is 5.32 Å². The minimum Gasteiger partial charge on any atom is -0.321 e. The molecule has 0 unspecified atom stereocenters. The van der Waals surface area contributed by atoms with Crippen molar-refractivity contribution < 1.29 is 9.59 Å². The van der Waals surface area contributed by atoms with E-state index in [-0.39, 0.29) is 18.4 Å². The molecule has 22 heavy (non-hydrogen) atoms. The van der Waals surface area contributed by atoms with Crippen LogP contribution < -0.4 is 10.2 Å². The molecule has 7 heteroatoms. The molecule has 3 heterocycles. The molecule has 0 aliphatic carbocycles. The third kappa shape index (κ3) is 2.59. The second-order valence-corrected chi connectivity index (χ2v) is 6.25. The SMILES string of the molecule is CCCc1ncc(C(=O)N2CC(=O)Nc3c(C)ccnc32)s1. The Bertz CT molecular complexity index is 741. The third-order valence-electron chi connectivity index (χ3n) is 3.43. The van der Waals surface area contributed by atoms with Gasteiger partial charge in [-0.05, 0) is 31.4 Å². The fourth-order valence-corrected chi connectivity index (χ4v) is 3.31. The van der Waals surface area contributed by atoms with E-state index in [1.165, 1.54) is 16.2 Å². The quantitative estimate of drug-likeness (QED) is 0.943. The summed E-state index contributed by atoms with van der Waals surface area (Å²) in [6, 6.07) is 1.80. The van der Waals surface area contributed by atoms with Crippen LogP contribution >= 0.6 is 11.3 Å². The number of nitrogens with zero attached hydrogens (tertiary/aromatic N) is 3. The zero-order valence-electron chi connectivity index (χ0n) is 12.4. The van der Waals surface area contributed by atoms with E-state index in [9.17, 15) is 9.59 Å². The summed E-state index contributed by atoms with van der Waals surface area (Å²) in [5.41, 5.74) is 1.48. The van der Waals surface area contributed by atoms with Crippen LogP contribution in [0.1, 0.15) is 33.6 Å². The van der Waals surface area contributed by atoms with E-state index in [0.29, 0.717) is 16.4 Å². The van der Waals surface area contributed by atoms with Gasteiger partial charge in [-0.2, -0.15) is 0 Å². The van der Waals surface area contributed by atoms with Gasteiger partial charge in [0.1, 0.15) is 11.4 Å². The Morgan fingerprint density at radius 2 is 2.27 bits per heavy atom. The Balaban J connectivity index is 1.96. The van der Waals surface area contributed by atoms with E-state index in [0.717, 1.165) is 23.4 Å². The van der Waals surface area contributed by atoms with Crippen LogP contribution in [0, 0.1) is 6.92 Å². The average molecular weight is 316 g/mol. The first kappa shape index (κ1) is 14.6. The maximum absolute atomic E-state index is 12.7. The fraction of sp³-hybridized carbons (Fsp3) is 0.333. The predicted molar refractivity (Wildman–Crippen MR) is 85.4 cm³/mol. The number of rotatable bonds is 3. The highest BCUT2D eigenvalue weighted by atomic mass is 32.1. The number of fused-ring (bicyclic) bond motifs is 1. The molecule has 0 saturated heterocycles. The van der Waals surface area contributed by atoms with Gasteiger partial charge in [0, 0.05) is 6.20 Å². The van der Waals surface area contributed by atoms with Crippen LogP contribution in [0.5, 0.6) is 0 Å².